The van der Waals surface area contributed by atoms with Crippen molar-refractivity contribution < 1.29 is 9.26 Å². The van der Waals surface area contributed by atoms with E-state index in [9.17, 15) is 0 Å². The van der Waals surface area contributed by atoms with Crippen molar-refractivity contribution in [2.75, 3.05) is 12.3 Å². The standard InChI is InChI=1S/C11H14N4O2/c1-2-5-16-7-10-14-11(17-15-10)8-3-4-9(12)13-6-8/h3-4,6H,2,5,7H2,1H3,(H2,12,13). The van der Waals surface area contributed by atoms with E-state index in [0.29, 0.717) is 30.7 Å². The highest BCUT2D eigenvalue weighted by Gasteiger charge is 2.08. The molecule has 2 heterocycles. The number of hydrogen-bond acceptors (Lipinski definition) is 6. The third kappa shape index (κ3) is 3.01. The summed E-state index contributed by atoms with van der Waals surface area (Å²) in [4.78, 5) is 8.16. The van der Waals surface area contributed by atoms with Crippen molar-refractivity contribution in [3.05, 3.63) is 24.2 Å². The number of rotatable bonds is 5. The Bertz CT molecular complexity index is 467. The monoisotopic (exact) mass is 234 g/mol. The molecule has 90 valence electrons. The molecular formula is C11H14N4O2. The summed E-state index contributed by atoms with van der Waals surface area (Å²) in [6, 6.07) is 3.47. The topological polar surface area (TPSA) is 87.1 Å². The van der Waals surface area contributed by atoms with E-state index < -0.39 is 0 Å². The van der Waals surface area contributed by atoms with Crippen LogP contribution in [0.4, 0.5) is 5.82 Å². The van der Waals surface area contributed by atoms with Gasteiger partial charge in [0, 0.05) is 12.8 Å². The maximum atomic E-state index is 5.49. The van der Waals surface area contributed by atoms with Gasteiger partial charge in [-0.25, -0.2) is 4.98 Å². The van der Waals surface area contributed by atoms with Crippen LogP contribution in [0.2, 0.25) is 0 Å². The molecule has 0 aliphatic heterocycles. The lowest BCUT2D eigenvalue weighted by molar-refractivity contribution is 0.114. The molecule has 0 aromatic carbocycles. The summed E-state index contributed by atoms with van der Waals surface area (Å²) in [7, 11) is 0. The van der Waals surface area contributed by atoms with Crippen LogP contribution in [0.25, 0.3) is 11.5 Å². The molecule has 0 amide bonds. The molecule has 0 saturated heterocycles. The van der Waals surface area contributed by atoms with Crippen LogP contribution in [0.1, 0.15) is 19.2 Å². The molecule has 0 unspecified atom stereocenters. The minimum absolute atomic E-state index is 0.361. The number of nitrogen functional groups attached to an aromatic ring is 1. The van der Waals surface area contributed by atoms with Crippen LogP contribution in [0.15, 0.2) is 22.9 Å². The van der Waals surface area contributed by atoms with Crippen molar-refractivity contribution in [1.29, 1.82) is 0 Å². The largest absolute Gasteiger partial charge is 0.384 e. The predicted molar refractivity (Wildman–Crippen MR) is 61.9 cm³/mol. The summed E-state index contributed by atoms with van der Waals surface area (Å²) in [6.45, 7) is 3.09. The van der Waals surface area contributed by atoms with Crippen molar-refractivity contribution in [2.45, 2.75) is 20.0 Å². The van der Waals surface area contributed by atoms with Crippen molar-refractivity contribution >= 4 is 5.82 Å². The van der Waals surface area contributed by atoms with Crippen molar-refractivity contribution in [3.8, 4) is 11.5 Å². The van der Waals surface area contributed by atoms with Gasteiger partial charge in [-0.3, -0.25) is 0 Å². The SMILES string of the molecule is CCCOCc1noc(-c2ccc(N)nc2)n1. The summed E-state index contributed by atoms with van der Waals surface area (Å²) in [5.41, 5.74) is 6.24. The third-order valence-corrected chi connectivity index (χ3v) is 2.08. The van der Waals surface area contributed by atoms with E-state index in [4.69, 9.17) is 15.0 Å². The zero-order valence-electron chi connectivity index (χ0n) is 9.59. The van der Waals surface area contributed by atoms with E-state index in [2.05, 4.69) is 15.1 Å². The molecule has 17 heavy (non-hydrogen) atoms. The average molecular weight is 234 g/mol. The molecular weight excluding hydrogens is 220 g/mol. The molecule has 0 fully saturated rings. The number of aromatic nitrogens is 3. The van der Waals surface area contributed by atoms with Gasteiger partial charge in [0.05, 0.1) is 5.56 Å². The molecule has 0 aliphatic rings. The number of pyridine rings is 1. The minimum Gasteiger partial charge on any atom is -0.384 e. The highest BCUT2D eigenvalue weighted by molar-refractivity contribution is 5.53. The first-order chi connectivity index (χ1) is 8.29. The fourth-order valence-corrected chi connectivity index (χ4v) is 1.27. The Morgan fingerprint density at radius 1 is 1.41 bits per heavy atom. The number of nitrogens with two attached hydrogens (primary N) is 1. The first kappa shape index (κ1) is 11.5. The maximum absolute atomic E-state index is 5.49. The summed E-state index contributed by atoms with van der Waals surface area (Å²) in [5.74, 6) is 1.41. The van der Waals surface area contributed by atoms with Gasteiger partial charge in [-0.05, 0) is 18.6 Å². The fraction of sp³-hybridized carbons (Fsp3) is 0.364. The predicted octanol–water partition coefficient (Wildman–Crippen LogP) is 1.64. The van der Waals surface area contributed by atoms with Crippen LogP contribution in [0.5, 0.6) is 0 Å². The molecule has 0 spiro atoms. The van der Waals surface area contributed by atoms with Crippen LogP contribution >= 0.6 is 0 Å². The molecule has 0 radical (unpaired) electrons. The maximum Gasteiger partial charge on any atom is 0.259 e. The highest BCUT2D eigenvalue weighted by atomic mass is 16.5. The van der Waals surface area contributed by atoms with E-state index in [-0.39, 0.29) is 0 Å². The number of anilines is 1. The van der Waals surface area contributed by atoms with Crippen LogP contribution in [0, 0.1) is 0 Å². The molecule has 0 atom stereocenters. The van der Waals surface area contributed by atoms with E-state index in [0.717, 1.165) is 12.0 Å². The Morgan fingerprint density at radius 2 is 2.29 bits per heavy atom. The number of hydrogen-bond donors (Lipinski definition) is 1. The van der Waals surface area contributed by atoms with E-state index in [1.165, 1.54) is 0 Å². The Balaban J connectivity index is 2.04. The zero-order valence-corrected chi connectivity index (χ0v) is 9.59. The van der Waals surface area contributed by atoms with Crippen LogP contribution in [0.3, 0.4) is 0 Å². The molecule has 2 rings (SSSR count). The second kappa shape index (κ2) is 5.40. The Kier molecular flexibility index (Phi) is 3.66. The molecule has 0 bridgehead atoms. The summed E-state index contributed by atoms with van der Waals surface area (Å²) < 4.78 is 10.4. The van der Waals surface area contributed by atoms with Crippen LogP contribution in [-0.2, 0) is 11.3 Å². The lowest BCUT2D eigenvalue weighted by Crippen LogP contribution is -1.95. The van der Waals surface area contributed by atoms with Crippen molar-refractivity contribution in [3.63, 3.8) is 0 Å². The van der Waals surface area contributed by atoms with Crippen molar-refractivity contribution in [2.24, 2.45) is 0 Å². The normalized spacial score (nSPS) is 10.6. The zero-order chi connectivity index (χ0) is 12.1. The first-order valence-electron chi connectivity index (χ1n) is 5.42. The Hall–Kier alpha value is -1.95. The molecule has 6 heteroatoms. The van der Waals surface area contributed by atoms with Gasteiger partial charge >= 0.3 is 0 Å². The number of nitrogens with zero attached hydrogens (tertiary/aromatic N) is 3. The highest BCUT2D eigenvalue weighted by Crippen LogP contribution is 2.16. The van der Waals surface area contributed by atoms with Gasteiger partial charge in [-0.2, -0.15) is 4.98 Å². The van der Waals surface area contributed by atoms with Crippen LogP contribution in [-0.4, -0.2) is 21.7 Å². The molecule has 6 nitrogen and oxygen atoms in total. The quantitative estimate of drug-likeness (QED) is 0.791. The minimum atomic E-state index is 0.361. The summed E-state index contributed by atoms with van der Waals surface area (Å²) in [5, 5.41) is 3.82. The first-order valence-corrected chi connectivity index (χ1v) is 5.42. The smallest absolute Gasteiger partial charge is 0.259 e. The molecule has 2 aromatic rings. The second-order valence-corrected chi connectivity index (χ2v) is 3.54. The van der Waals surface area contributed by atoms with Gasteiger partial charge < -0.3 is 15.0 Å². The van der Waals surface area contributed by atoms with Gasteiger partial charge in [0.1, 0.15) is 12.4 Å². The van der Waals surface area contributed by atoms with Gasteiger partial charge in [-0.15, -0.1) is 0 Å². The van der Waals surface area contributed by atoms with Crippen LogP contribution < -0.4 is 5.73 Å². The molecule has 0 saturated carbocycles. The summed E-state index contributed by atoms with van der Waals surface area (Å²) in [6.07, 6.45) is 2.56. The van der Waals surface area contributed by atoms with E-state index in [1.807, 2.05) is 6.92 Å². The van der Waals surface area contributed by atoms with Gasteiger partial charge in [0.25, 0.3) is 5.89 Å². The third-order valence-electron chi connectivity index (χ3n) is 2.08. The molecule has 2 N–H and O–H groups in total. The summed E-state index contributed by atoms with van der Waals surface area (Å²) >= 11 is 0. The van der Waals surface area contributed by atoms with Gasteiger partial charge in [-0.1, -0.05) is 12.1 Å². The fourth-order valence-electron chi connectivity index (χ4n) is 1.27. The van der Waals surface area contributed by atoms with E-state index >= 15 is 0 Å². The Labute approximate surface area is 98.8 Å². The lowest BCUT2D eigenvalue weighted by Gasteiger charge is -1.95. The molecule has 2 aromatic heterocycles. The lowest BCUT2D eigenvalue weighted by atomic mass is 10.3. The second-order valence-electron chi connectivity index (χ2n) is 3.54. The van der Waals surface area contributed by atoms with Gasteiger partial charge in [0.2, 0.25) is 0 Å². The number of ether oxygens (including phenoxy) is 1. The van der Waals surface area contributed by atoms with Gasteiger partial charge in [0.15, 0.2) is 5.82 Å². The molecule has 0 aliphatic carbocycles. The van der Waals surface area contributed by atoms with E-state index in [1.54, 1.807) is 18.3 Å². The Morgan fingerprint density at radius 3 is 3.00 bits per heavy atom. The van der Waals surface area contributed by atoms with Crippen molar-refractivity contribution in [1.82, 2.24) is 15.1 Å². The average Bonchev–Trinajstić information content (AvgIpc) is 2.79.